The minimum absolute atomic E-state index is 0.140. The Labute approximate surface area is 141 Å². The predicted octanol–water partition coefficient (Wildman–Crippen LogP) is 2.19. The molecule has 0 bridgehead atoms. The number of anilines is 1. The van der Waals surface area contributed by atoms with Crippen molar-refractivity contribution in [1.29, 1.82) is 0 Å². The molecule has 0 atom stereocenters. The monoisotopic (exact) mass is 329 g/mol. The number of pyridine rings is 1. The average molecular weight is 329 g/mol. The number of hydrogen-bond acceptors (Lipinski definition) is 3. The van der Waals surface area contributed by atoms with Crippen LogP contribution in [0.4, 0.5) is 10.5 Å². The zero-order valence-corrected chi connectivity index (χ0v) is 14.2. The molecule has 0 saturated heterocycles. The fourth-order valence-electron chi connectivity index (χ4n) is 2.36. The second-order valence-corrected chi connectivity index (χ2v) is 6.42. The lowest BCUT2D eigenvalue weighted by Gasteiger charge is -2.29. The van der Waals surface area contributed by atoms with Crippen molar-refractivity contribution in [3.05, 3.63) is 64.6 Å². The number of carbonyl (C=O) groups excluding carboxylic acids is 1. The molecule has 2 rings (SSSR count). The van der Waals surface area contributed by atoms with E-state index in [0.717, 1.165) is 5.56 Å². The van der Waals surface area contributed by atoms with Crippen LogP contribution >= 0.6 is 0 Å². The molecule has 2 N–H and O–H groups in total. The SMILES string of the molecule is Cn1cccc(NC(=O)N(Cc2ccccc2)CC(C)(C)O)c1=O. The third-order valence-electron chi connectivity index (χ3n) is 3.45. The van der Waals surface area contributed by atoms with Crippen molar-refractivity contribution in [3.8, 4) is 0 Å². The van der Waals surface area contributed by atoms with Crippen LogP contribution in [0.3, 0.4) is 0 Å². The van der Waals surface area contributed by atoms with E-state index in [-0.39, 0.29) is 17.8 Å². The van der Waals surface area contributed by atoms with Gasteiger partial charge in [-0.05, 0) is 31.5 Å². The Balaban J connectivity index is 2.20. The summed E-state index contributed by atoms with van der Waals surface area (Å²) >= 11 is 0. The van der Waals surface area contributed by atoms with E-state index in [0.29, 0.717) is 6.54 Å². The van der Waals surface area contributed by atoms with Crippen molar-refractivity contribution in [3.63, 3.8) is 0 Å². The second kappa shape index (κ2) is 7.31. The van der Waals surface area contributed by atoms with Gasteiger partial charge in [-0.3, -0.25) is 4.79 Å². The number of aliphatic hydroxyl groups is 1. The van der Waals surface area contributed by atoms with Gasteiger partial charge in [-0.2, -0.15) is 0 Å². The van der Waals surface area contributed by atoms with Gasteiger partial charge in [0.25, 0.3) is 5.56 Å². The summed E-state index contributed by atoms with van der Waals surface area (Å²) in [6.45, 7) is 3.75. The molecule has 0 spiro atoms. The molecule has 0 aliphatic carbocycles. The minimum atomic E-state index is -1.05. The molecule has 0 aliphatic heterocycles. The molecule has 24 heavy (non-hydrogen) atoms. The Hall–Kier alpha value is -2.60. The van der Waals surface area contributed by atoms with Gasteiger partial charge in [0.15, 0.2) is 0 Å². The van der Waals surface area contributed by atoms with Gasteiger partial charge in [0.05, 0.1) is 12.1 Å². The molecule has 0 radical (unpaired) electrons. The van der Waals surface area contributed by atoms with Crippen LogP contribution in [0.5, 0.6) is 0 Å². The molecule has 128 valence electrons. The summed E-state index contributed by atoms with van der Waals surface area (Å²) in [6, 6.07) is 12.3. The maximum Gasteiger partial charge on any atom is 0.322 e. The number of amides is 2. The molecule has 6 nitrogen and oxygen atoms in total. The van der Waals surface area contributed by atoms with Crippen LogP contribution in [0.2, 0.25) is 0 Å². The smallest absolute Gasteiger partial charge is 0.322 e. The van der Waals surface area contributed by atoms with E-state index in [4.69, 9.17) is 0 Å². The maximum atomic E-state index is 12.6. The Kier molecular flexibility index (Phi) is 5.41. The maximum absolute atomic E-state index is 12.6. The number of aryl methyl sites for hydroxylation is 1. The van der Waals surface area contributed by atoms with Crippen molar-refractivity contribution in [2.75, 3.05) is 11.9 Å². The average Bonchev–Trinajstić information content (AvgIpc) is 2.51. The van der Waals surface area contributed by atoms with Gasteiger partial charge in [0.2, 0.25) is 0 Å². The molecule has 1 aromatic carbocycles. The van der Waals surface area contributed by atoms with E-state index >= 15 is 0 Å². The number of urea groups is 1. The fourth-order valence-corrected chi connectivity index (χ4v) is 2.36. The van der Waals surface area contributed by atoms with Gasteiger partial charge in [-0.15, -0.1) is 0 Å². The molecule has 0 unspecified atom stereocenters. The zero-order chi connectivity index (χ0) is 17.7. The second-order valence-electron chi connectivity index (χ2n) is 6.42. The Morgan fingerprint density at radius 2 is 1.88 bits per heavy atom. The molecule has 2 aromatic rings. The molecule has 6 heteroatoms. The Bertz CT molecular complexity index is 748. The number of rotatable bonds is 5. The number of hydrogen-bond donors (Lipinski definition) is 2. The fraction of sp³-hybridized carbons (Fsp3) is 0.333. The standard InChI is InChI=1S/C18H23N3O3/c1-18(2,24)13-21(12-14-8-5-4-6-9-14)17(23)19-15-10-7-11-20(3)16(15)22/h4-11,24H,12-13H2,1-3H3,(H,19,23). The number of aromatic nitrogens is 1. The highest BCUT2D eigenvalue weighted by Gasteiger charge is 2.23. The summed E-state index contributed by atoms with van der Waals surface area (Å²) in [4.78, 5) is 26.2. The van der Waals surface area contributed by atoms with E-state index < -0.39 is 11.6 Å². The van der Waals surface area contributed by atoms with Gasteiger partial charge < -0.3 is 19.9 Å². The molecular formula is C18H23N3O3. The van der Waals surface area contributed by atoms with Crippen LogP contribution < -0.4 is 10.9 Å². The van der Waals surface area contributed by atoms with Gasteiger partial charge in [-0.1, -0.05) is 30.3 Å². The van der Waals surface area contributed by atoms with Crippen LogP contribution in [0.25, 0.3) is 0 Å². The third kappa shape index (κ3) is 4.96. The van der Waals surface area contributed by atoms with Gasteiger partial charge >= 0.3 is 6.03 Å². The number of benzene rings is 1. The van der Waals surface area contributed by atoms with Crippen molar-refractivity contribution in [2.24, 2.45) is 7.05 Å². The largest absolute Gasteiger partial charge is 0.389 e. The molecular weight excluding hydrogens is 306 g/mol. The van der Waals surface area contributed by atoms with Gasteiger partial charge in [0.1, 0.15) is 5.69 Å². The first-order valence-electron chi connectivity index (χ1n) is 7.74. The topological polar surface area (TPSA) is 74.6 Å². The summed E-state index contributed by atoms with van der Waals surface area (Å²) in [5.41, 5.74) is -0.182. The summed E-state index contributed by atoms with van der Waals surface area (Å²) in [5.74, 6) is 0. The van der Waals surface area contributed by atoms with E-state index in [1.54, 1.807) is 39.2 Å². The molecule has 1 heterocycles. The van der Waals surface area contributed by atoms with E-state index in [9.17, 15) is 14.7 Å². The molecule has 1 aromatic heterocycles. The summed E-state index contributed by atoms with van der Waals surface area (Å²) < 4.78 is 1.40. The van der Waals surface area contributed by atoms with E-state index in [1.165, 1.54) is 9.47 Å². The van der Waals surface area contributed by atoms with E-state index in [2.05, 4.69) is 5.32 Å². The minimum Gasteiger partial charge on any atom is -0.389 e. The van der Waals surface area contributed by atoms with Crippen LogP contribution in [-0.4, -0.2) is 32.8 Å². The summed E-state index contributed by atoms with van der Waals surface area (Å²) in [5, 5.41) is 12.7. The summed E-state index contributed by atoms with van der Waals surface area (Å²) in [6.07, 6.45) is 1.62. The highest BCUT2D eigenvalue weighted by molar-refractivity contribution is 5.89. The molecule has 0 fully saturated rings. The lowest BCUT2D eigenvalue weighted by atomic mass is 10.1. The van der Waals surface area contributed by atoms with Crippen molar-refractivity contribution < 1.29 is 9.90 Å². The van der Waals surface area contributed by atoms with Crippen LogP contribution in [0.15, 0.2) is 53.5 Å². The van der Waals surface area contributed by atoms with Crippen molar-refractivity contribution in [2.45, 2.75) is 26.0 Å². The highest BCUT2D eigenvalue weighted by atomic mass is 16.3. The van der Waals surface area contributed by atoms with Gasteiger partial charge in [-0.25, -0.2) is 4.79 Å². The first-order chi connectivity index (χ1) is 11.3. The molecule has 0 aliphatic rings. The van der Waals surface area contributed by atoms with E-state index in [1.807, 2.05) is 30.3 Å². The van der Waals surface area contributed by atoms with Crippen molar-refractivity contribution >= 4 is 11.7 Å². The quantitative estimate of drug-likeness (QED) is 0.883. The van der Waals surface area contributed by atoms with Crippen LogP contribution in [0.1, 0.15) is 19.4 Å². The normalized spacial score (nSPS) is 11.2. The molecule has 0 saturated carbocycles. The number of nitrogens with zero attached hydrogens (tertiary/aromatic N) is 2. The predicted molar refractivity (Wildman–Crippen MR) is 93.9 cm³/mol. The Morgan fingerprint density at radius 1 is 1.21 bits per heavy atom. The van der Waals surface area contributed by atoms with Crippen LogP contribution in [0, 0.1) is 0 Å². The highest BCUT2D eigenvalue weighted by Crippen LogP contribution is 2.12. The third-order valence-corrected chi connectivity index (χ3v) is 3.45. The lowest BCUT2D eigenvalue weighted by Crippen LogP contribution is -2.44. The zero-order valence-electron chi connectivity index (χ0n) is 14.2. The van der Waals surface area contributed by atoms with Crippen molar-refractivity contribution in [1.82, 2.24) is 9.47 Å². The molecule has 2 amide bonds. The Morgan fingerprint density at radius 3 is 2.50 bits per heavy atom. The summed E-state index contributed by atoms with van der Waals surface area (Å²) in [7, 11) is 1.62. The van der Waals surface area contributed by atoms with Gasteiger partial charge in [0, 0.05) is 19.8 Å². The first-order valence-corrected chi connectivity index (χ1v) is 7.74. The lowest BCUT2D eigenvalue weighted by molar-refractivity contribution is 0.0469. The number of carbonyl (C=O) groups is 1. The first kappa shape index (κ1) is 17.7. The van der Waals surface area contributed by atoms with Crippen LogP contribution in [-0.2, 0) is 13.6 Å². The number of nitrogens with one attached hydrogen (secondary N) is 1.